The van der Waals surface area contributed by atoms with Gasteiger partial charge in [-0.05, 0) is 49.7 Å². The number of alkyl halides is 3. The molecule has 0 saturated heterocycles. The first-order valence-electron chi connectivity index (χ1n) is 6.43. The number of carbonyl (C=O) groups is 1. The average molecular weight is 309 g/mol. The third kappa shape index (κ3) is 4.21. The minimum atomic E-state index is -4.46. The minimum Gasteiger partial charge on any atom is -0.308 e. The molecule has 0 atom stereocenters. The monoisotopic (exact) mass is 309 g/mol. The van der Waals surface area contributed by atoms with Gasteiger partial charge < -0.3 is 10.6 Å². The lowest BCUT2D eigenvalue weighted by atomic mass is 10.1. The van der Waals surface area contributed by atoms with E-state index >= 15 is 0 Å². The normalized spacial score (nSPS) is 11.1. The van der Waals surface area contributed by atoms with Crippen LogP contribution in [0.3, 0.4) is 0 Å². The Morgan fingerprint density at radius 1 is 1.05 bits per heavy atom. The van der Waals surface area contributed by atoms with Crippen molar-refractivity contribution in [3.8, 4) is 0 Å². The second-order valence-electron chi connectivity index (χ2n) is 4.85. The van der Waals surface area contributed by atoms with E-state index in [0.717, 1.165) is 17.8 Å². The second-order valence-corrected chi connectivity index (χ2v) is 4.85. The number of hydrogen-bond donors (Lipinski definition) is 2. The summed E-state index contributed by atoms with van der Waals surface area (Å²) in [6.45, 7) is 3.33. The largest absolute Gasteiger partial charge is 0.416 e. The Balaban J connectivity index is 2.11. The van der Waals surface area contributed by atoms with Crippen LogP contribution in [0.15, 0.2) is 36.5 Å². The van der Waals surface area contributed by atoms with E-state index < -0.39 is 17.8 Å². The topological polar surface area (TPSA) is 54.0 Å². The number of amides is 2. The molecule has 0 radical (unpaired) electrons. The van der Waals surface area contributed by atoms with E-state index in [9.17, 15) is 18.0 Å². The molecule has 2 aromatic rings. The van der Waals surface area contributed by atoms with Crippen LogP contribution < -0.4 is 10.6 Å². The fourth-order valence-corrected chi connectivity index (χ4v) is 1.85. The summed E-state index contributed by atoms with van der Waals surface area (Å²) in [5.41, 5.74) is 0.915. The molecule has 1 aromatic carbocycles. The highest BCUT2D eigenvalue weighted by Gasteiger charge is 2.31. The number of aryl methyl sites for hydroxylation is 2. The van der Waals surface area contributed by atoms with Crippen molar-refractivity contribution < 1.29 is 18.0 Å². The van der Waals surface area contributed by atoms with Gasteiger partial charge in [-0.2, -0.15) is 13.2 Å². The molecule has 116 valence electrons. The number of halogens is 3. The van der Waals surface area contributed by atoms with Gasteiger partial charge in [0.15, 0.2) is 0 Å². The number of benzene rings is 1. The molecule has 1 aromatic heterocycles. The summed E-state index contributed by atoms with van der Waals surface area (Å²) in [7, 11) is 0. The quantitative estimate of drug-likeness (QED) is 0.866. The van der Waals surface area contributed by atoms with Gasteiger partial charge in [0.25, 0.3) is 0 Å². The van der Waals surface area contributed by atoms with Gasteiger partial charge in [-0.1, -0.05) is 0 Å². The molecule has 2 N–H and O–H groups in total. The molecule has 0 spiro atoms. The van der Waals surface area contributed by atoms with Crippen LogP contribution in [0.4, 0.5) is 29.3 Å². The first-order valence-corrected chi connectivity index (χ1v) is 6.43. The van der Waals surface area contributed by atoms with Crippen molar-refractivity contribution in [1.29, 1.82) is 0 Å². The maximum absolute atomic E-state index is 12.7. The van der Waals surface area contributed by atoms with Crippen LogP contribution in [0.2, 0.25) is 0 Å². The zero-order valence-electron chi connectivity index (χ0n) is 12.0. The highest BCUT2D eigenvalue weighted by molar-refractivity contribution is 5.99. The average Bonchev–Trinajstić information content (AvgIpc) is 2.39. The standard InChI is InChI=1S/C15H14F3N3O/c1-9-5-11(15(16,17)18)7-13(6-9)21-14(22)20-12-4-3-10(2)19-8-12/h3-8H,1-2H3,(H2,20,21,22). The summed E-state index contributed by atoms with van der Waals surface area (Å²) in [5, 5.41) is 4.88. The minimum absolute atomic E-state index is 0.0740. The predicted molar refractivity (Wildman–Crippen MR) is 77.8 cm³/mol. The molecule has 0 saturated carbocycles. The van der Waals surface area contributed by atoms with Crippen molar-refractivity contribution in [2.45, 2.75) is 20.0 Å². The van der Waals surface area contributed by atoms with Crippen LogP contribution in [-0.2, 0) is 6.18 Å². The molecule has 1 heterocycles. The van der Waals surface area contributed by atoms with E-state index in [0.29, 0.717) is 11.3 Å². The Kier molecular flexibility index (Phi) is 4.35. The van der Waals surface area contributed by atoms with Crippen molar-refractivity contribution >= 4 is 17.4 Å². The number of carbonyl (C=O) groups excluding carboxylic acids is 1. The van der Waals surface area contributed by atoms with Gasteiger partial charge in [-0.25, -0.2) is 4.79 Å². The van der Waals surface area contributed by atoms with Crippen molar-refractivity contribution in [3.63, 3.8) is 0 Å². The highest BCUT2D eigenvalue weighted by Crippen LogP contribution is 2.31. The molecule has 0 aliphatic rings. The smallest absolute Gasteiger partial charge is 0.308 e. The van der Waals surface area contributed by atoms with Gasteiger partial charge in [0.2, 0.25) is 0 Å². The van der Waals surface area contributed by atoms with Gasteiger partial charge in [0.1, 0.15) is 0 Å². The van der Waals surface area contributed by atoms with E-state index in [1.165, 1.54) is 19.2 Å². The van der Waals surface area contributed by atoms with Crippen LogP contribution in [0.25, 0.3) is 0 Å². The van der Waals surface area contributed by atoms with Crippen LogP contribution in [-0.4, -0.2) is 11.0 Å². The van der Waals surface area contributed by atoms with Gasteiger partial charge >= 0.3 is 12.2 Å². The number of urea groups is 1. The summed E-state index contributed by atoms with van der Waals surface area (Å²) in [4.78, 5) is 15.8. The van der Waals surface area contributed by atoms with Gasteiger partial charge in [-0.3, -0.25) is 4.98 Å². The molecule has 0 fully saturated rings. The zero-order valence-corrected chi connectivity index (χ0v) is 12.0. The molecule has 0 aliphatic heterocycles. The number of aromatic nitrogens is 1. The molecule has 2 rings (SSSR count). The predicted octanol–water partition coefficient (Wildman–Crippen LogP) is 4.36. The highest BCUT2D eigenvalue weighted by atomic mass is 19.4. The molecule has 0 unspecified atom stereocenters. The lowest BCUT2D eigenvalue weighted by molar-refractivity contribution is -0.137. The second kappa shape index (κ2) is 6.05. The van der Waals surface area contributed by atoms with Gasteiger partial charge in [0.05, 0.1) is 17.4 Å². The Morgan fingerprint density at radius 2 is 1.73 bits per heavy atom. The maximum Gasteiger partial charge on any atom is 0.416 e. The molecular weight excluding hydrogens is 295 g/mol. The maximum atomic E-state index is 12.7. The SMILES string of the molecule is Cc1cc(NC(=O)Nc2ccc(C)nc2)cc(C(F)(F)F)c1. The zero-order chi connectivity index (χ0) is 16.3. The first-order chi connectivity index (χ1) is 10.2. The van der Waals surface area contributed by atoms with Crippen molar-refractivity contribution in [3.05, 3.63) is 53.3 Å². The van der Waals surface area contributed by atoms with Crippen LogP contribution in [0.1, 0.15) is 16.8 Å². The Bertz CT molecular complexity index is 681. The lowest BCUT2D eigenvalue weighted by Crippen LogP contribution is -2.20. The van der Waals surface area contributed by atoms with Crippen LogP contribution in [0.5, 0.6) is 0 Å². The van der Waals surface area contributed by atoms with Crippen LogP contribution in [0, 0.1) is 13.8 Å². The number of rotatable bonds is 2. The molecule has 0 aliphatic carbocycles. The van der Waals surface area contributed by atoms with Crippen molar-refractivity contribution in [1.82, 2.24) is 4.98 Å². The van der Waals surface area contributed by atoms with Crippen LogP contribution >= 0.6 is 0 Å². The Morgan fingerprint density at radius 3 is 2.32 bits per heavy atom. The molecular formula is C15H14F3N3O. The molecule has 22 heavy (non-hydrogen) atoms. The van der Waals surface area contributed by atoms with E-state index in [-0.39, 0.29) is 5.69 Å². The number of hydrogen-bond acceptors (Lipinski definition) is 2. The van der Waals surface area contributed by atoms with Crippen molar-refractivity contribution in [2.75, 3.05) is 10.6 Å². The van der Waals surface area contributed by atoms with Crippen molar-refractivity contribution in [2.24, 2.45) is 0 Å². The summed E-state index contributed by atoms with van der Waals surface area (Å²) in [6, 6.07) is 6.10. The third-order valence-corrected chi connectivity index (χ3v) is 2.83. The van der Waals surface area contributed by atoms with E-state index in [1.807, 2.05) is 0 Å². The van der Waals surface area contributed by atoms with Gasteiger partial charge in [0, 0.05) is 11.4 Å². The number of nitrogens with zero attached hydrogens (tertiary/aromatic N) is 1. The van der Waals surface area contributed by atoms with E-state index in [1.54, 1.807) is 19.1 Å². The lowest BCUT2D eigenvalue weighted by Gasteiger charge is -2.12. The van der Waals surface area contributed by atoms with E-state index in [4.69, 9.17) is 0 Å². The third-order valence-electron chi connectivity index (χ3n) is 2.83. The first kappa shape index (κ1) is 15.8. The number of pyridine rings is 1. The van der Waals surface area contributed by atoms with E-state index in [2.05, 4.69) is 15.6 Å². The Labute approximate surface area is 125 Å². The fraction of sp³-hybridized carbons (Fsp3) is 0.200. The number of nitrogens with one attached hydrogen (secondary N) is 2. The summed E-state index contributed by atoms with van der Waals surface area (Å²) >= 11 is 0. The van der Waals surface area contributed by atoms with Gasteiger partial charge in [-0.15, -0.1) is 0 Å². The summed E-state index contributed by atoms with van der Waals surface area (Å²) in [6.07, 6.45) is -2.99. The fourth-order valence-electron chi connectivity index (χ4n) is 1.85. The Hall–Kier alpha value is -2.57. The molecule has 2 amide bonds. The summed E-state index contributed by atoms with van der Waals surface area (Å²) in [5.74, 6) is 0. The molecule has 7 heteroatoms. The summed E-state index contributed by atoms with van der Waals surface area (Å²) < 4.78 is 38.2. The molecule has 4 nitrogen and oxygen atoms in total. The molecule has 0 bridgehead atoms. The number of anilines is 2.